The third kappa shape index (κ3) is 5.07. The summed E-state index contributed by atoms with van der Waals surface area (Å²) in [4.78, 5) is 14.6. The fourth-order valence-corrected chi connectivity index (χ4v) is 5.47. The number of rotatable bonds is 6. The molecule has 1 aromatic carbocycles. The highest BCUT2D eigenvalue weighted by Gasteiger charge is 2.24. The molecule has 0 saturated carbocycles. The summed E-state index contributed by atoms with van der Waals surface area (Å²) in [6, 6.07) is 16.8. The summed E-state index contributed by atoms with van der Waals surface area (Å²) in [7, 11) is 2.12. The second-order valence-corrected chi connectivity index (χ2v) is 12.7. The maximum absolute atomic E-state index is 6.57. The van der Waals surface area contributed by atoms with Gasteiger partial charge in [-0.3, -0.25) is 9.38 Å². The molecule has 1 aliphatic heterocycles. The molecule has 4 aromatic rings. The second kappa shape index (κ2) is 10.3. The SMILES string of the molecule is CC1=C(C)N(c2cccc(Oc3cc(-c4cc(C(C)(C)C)ccn4)n4c(C(C)C)c(C(C)C)nc4c3)c2)CN1C. The Bertz CT molecular complexity index is 1590. The van der Waals surface area contributed by atoms with Gasteiger partial charge in [-0.2, -0.15) is 0 Å². The van der Waals surface area contributed by atoms with Gasteiger partial charge in [0, 0.05) is 54.2 Å². The first kappa shape index (κ1) is 27.8. The summed E-state index contributed by atoms with van der Waals surface area (Å²) in [5.41, 5.74) is 10.1. The molecule has 0 amide bonds. The first-order valence-corrected chi connectivity index (χ1v) is 14.3. The molecule has 0 radical (unpaired) electrons. The number of anilines is 1. The van der Waals surface area contributed by atoms with Crippen molar-refractivity contribution in [2.45, 2.75) is 79.6 Å². The molecule has 210 valence electrons. The monoisotopic (exact) mass is 537 g/mol. The Balaban J connectivity index is 1.64. The Morgan fingerprint density at radius 3 is 2.25 bits per heavy atom. The summed E-state index contributed by atoms with van der Waals surface area (Å²) in [6.45, 7) is 20.8. The van der Waals surface area contributed by atoms with Gasteiger partial charge in [0.15, 0.2) is 0 Å². The number of allylic oxidation sites excluding steroid dienone is 2. The zero-order chi connectivity index (χ0) is 28.9. The molecule has 0 unspecified atom stereocenters. The maximum Gasteiger partial charge on any atom is 0.141 e. The zero-order valence-corrected chi connectivity index (χ0v) is 25.7. The molecule has 6 nitrogen and oxygen atoms in total. The van der Waals surface area contributed by atoms with Gasteiger partial charge in [-0.05, 0) is 60.9 Å². The molecule has 0 fully saturated rings. The number of nitrogens with zero attached hydrogens (tertiary/aromatic N) is 5. The van der Waals surface area contributed by atoms with Crippen molar-refractivity contribution in [2.75, 3.05) is 18.6 Å². The van der Waals surface area contributed by atoms with Crippen molar-refractivity contribution in [1.82, 2.24) is 19.3 Å². The molecule has 6 heteroatoms. The minimum absolute atomic E-state index is 0.0127. The standard InChI is InChI=1S/C34H43N5O/c1-21(2)32-33(22(3)4)39-30(29-16-25(14-15-35-29)34(7,8)9)18-28(19-31(39)36-32)40-27-13-11-12-26(17-27)38-20-37(10)23(5)24(38)6/h11-19,21-22H,20H2,1-10H3. The van der Waals surface area contributed by atoms with E-state index in [9.17, 15) is 0 Å². The topological polar surface area (TPSA) is 45.9 Å². The summed E-state index contributed by atoms with van der Waals surface area (Å²) in [6.07, 6.45) is 1.92. The van der Waals surface area contributed by atoms with Gasteiger partial charge in [0.1, 0.15) is 17.1 Å². The van der Waals surface area contributed by atoms with Crippen molar-refractivity contribution in [3.05, 3.63) is 83.1 Å². The van der Waals surface area contributed by atoms with E-state index in [1.807, 2.05) is 12.3 Å². The van der Waals surface area contributed by atoms with E-state index in [4.69, 9.17) is 14.7 Å². The van der Waals surface area contributed by atoms with Crippen LogP contribution in [-0.2, 0) is 5.41 Å². The summed E-state index contributed by atoms with van der Waals surface area (Å²) >= 11 is 0. The van der Waals surface area contributed by atoms with Crippen molar-refractivity contribution >= 4 is 11.3 Å². The van der Waals surface area contributed by atoms with Crippen LogP contribution in [0.3, 0.4) is 0 Å². The van der Waals surface area contributed by atoms with E-state index >= 15 is 0 Å². The fourth-order valence-electron chi connectivity index (χ4n) is 5.47. The number of pyridine rings is 2. The Morgan fingerprint density at radius 2 is 1.62 bits per heavy atom. The van der Waals surface area contributed by atoms with Crippen LogP contribution in [-0.4, -0.2) is 33.0 Å². The Morgan fingerprint density at radius 1 is 0.875 bits per heavy atom. The molecule has 0 atom stereocenters. The van der Waals surface area contributed by atoms with Gasteiger partial charge in [0.05, 0.1) is 23.8 Å². The third-order valence-electron chi connectivity index (χ3n) is 7.96. The first-order valence-electron chi connectivity index (χ1n) is 14.3. The lowest BCUT2D eigenvalue weighted by atomic mass is 9.87. The highest BCUT2D eigenvalue weighted by molar-refractivity contribution is 5.67. The molecular weight excluding hydrogens is 494 g/mol. The number of imidazole rings is 1. The largest absolute Gasteiger partial charge is 0.457 e. The maximum atomic E-state index is 6.57. The molecule has 4 heterocycles. The van der Waals surface area contributed by atoms with Crippen molar-refractivity contribution in [1.29, 1.82) is 0 Å². The van der Waals surface area contributed by atoms with E-state index in [-0.39, 0.29) is 5.41 Å². The number of fused-ring (bicyclic) bond motifs is 1. The molecule has 40 heavy (non-hydrogen) atoms. The lowest BCUT2D eigenvalue weighted by Crippen LogP contribution is -2.24. The van der Waals surface area contributed by atoms with Gasteiger partial charge < -0.3 is 14.5 Å². The van der Waals surface area contributed by atoms with Crippen molar-refractivity contribution in [3.8, 4) is 22.9 Å². The van der Waals surface area contributed by atoms with Gasteiger partial charge in [0.2, 0.25) is 0 Å². The van der Waals surface area contributed by atoms with Gasteiger partial charge >= 0.3 is 0 Å². The summed E-state index contributed by atoms with van der Waals surface area (Å²) in [5, 5.41) is 0. The molecule has 0 N–H and O–H groups in total. The quantitative estimate of drug-likeness (QED) is 0.246. The van der Waals surface area contributed by atoms with Crippen molar-refractivity contribution in [2.24, 2.45) is 0 Å². The Hall–Kier alpha value is -3.80. The van der Waals surface area contributed by atoms with Crippen molar-refractivity contribution in [3.63, 3.8) is 0 Å². The molecule has 0 bridgehead atoms. The van der Waals surface area contributed by atoms with Crippen molar-refractivity contribution < 1.29 is 4.74 Å². The lowest BCUT2D eigenvalue weighted by molar-refractivity contribution is 0.459. The van der Waals surface area contributed by atoms with Crippen LogP contribution in [0.4, 0.5) is 5.69 Å². The average Bonchev–Trinajstić information content (AvgIpc) is 3.41. The number of ether oxygens (including phenoxy) is 1. The van der Waals surface area contributed by atoms with E-state index < -0.39 is 0 Å². The van der Waals surface area contributed by atoms with Crippen LogP contribution in [0, 0.1) is 0 Å². The molecular formula is C34H43N5O. The molecule has 5 rings (SSSR count). The van der Waals surface area contributed by atoms with Gasteiger partial charge in [-0.25, -0.2) is 4.98 Å². The van der Waals surface area contributed by atoms with Crippen LogP contribution in [0.5, 0.6) is 11.5 Å². The fraction of sp³-hybridized carbons (Fsp3) is 0.412. The molecule has 0 spiro atoms. The van der Waals surface area contributed by atoms with E-state index in [0.29, 0.717) is 11.8 Å². The van der Waals surface area contributed by atoms with Gasteiger partial charge in [-0.15, -0.1) is 0 Å². The van der Waals surface area contributed by atoms with E-state index in [1.54, 1.807) is 0 Å². The number of aromatic nitrogens is 3. The summed E-state index contributed by atoms with van der Waals surface area (Å²) < 4.78 is 8.85. The van der Waals surface area contributed by atoms with Crippen LogP contribution in [0.1, 0.15) is 91.1 Å². The van der Waals surface area contributed by atoms with Crippen LogP contribution < -0.4 is 9.64 Å². The van der Waals surface area contributed by atoms with Crippen LogP contribution >= 0.6 is 0 Å². The molecule has 1 aliphatic rings. The van der Waals surface area contributed by atoms with Gasteiger partial charge in [-0.1, -0.05) is 54.5 Å². The number of hydrogen-bond acceptors (Lipinski definition) is 5. The smallest absolute Gasteiger partial charge is 0.141 e. The molecule has 0 aliphatic carbocycles. The third-order valence-corrected chi connectivity index (χ3v) is 7.96. The number of benzene rings is 1. The van der Waals surface area contributed by atoms with Crippen LogP contribution in [0.2, 0.25) is 0 Å². The summed E-state index contributed by atoms with van der Waals surface area (Å²) in [5.74, 6) is 2.15. The highest BCUT2D eigenvalue weighted by Crippen LogP contribution is 2.37. The Kier molecular flexibility index (Phi) is 7.15. The molecule has 3 aromatic heterocycles. The average molecular weight is 538 g/mol. The predicted molar refractivity (Wildman–Crippen MR) is 165 cm³/mol. The van der Waals surface area contributed by atoms with E-state index in [1.165, 1.54) is 22.7 Å². The Labute approximate surface area is 239 Å². The van der Waals surface area contributed by atoms with E-state index in [2.05, 4.69) is 126 Å². The minimum atomic E-state index is 0.0127. The van der Waals surface area contributed by atoms with Crippen LogP contribution in [0.15, 0.2) is 66.1 Å². The van der Waals surface area contributed by atoms with Crippen LogP contribution in [0.25, 0.3) is 17.0 Å². The lowest BCUT2D eigenvalue weighted by Gasteiger charge is -2.22. The minimum Gasteiger partial charge on any atom is -0.457 e. The van der Waals surface area contributed by atoms with E-state index in [0.717, 1.165) is 46.6 Å². The predicted octanol–water partition coefficient (Wildman–Crippen LogP) is 8.69. The number of hydrogen-bond donors (Lipinski definition) is 0. The first-order chi connectivity index (χ1) is 18.8. The zero-order valence-electron chi connectivity index (χ0n) is 25.7. The normalized spacial score (nSPS) is 14.4. The highest BCUT2D eigenvalue weighted by atomic mass is 16.5. The molecule has 0 saturated heterocycles. The van der Waals surface area contributed by atoms with Gasteiger partial charge in [0.25, 0.3) is 0 Å². The second-order valence-electron chi connectivity index (χ2n) is 12.7.